The van der Waals surface area contributed by atoms with Gasteiger partial charge in [-0.2, -0.15) is 0 Å². The molecule has 0 aromatic carbocycles. The van der Waals surface area contributed by atoms with Crippen LogP contribution in [0.4, 0.5) is 5.82 Å². The van der Waals surface area contributed by atoms with Crippen LogP contribution in [-0.2, 0) is 9.84 Å². The van der Waals surface area contributed by atoms with Crippen LogP contribution in [0.5, 0.6) is 0 Å². The Kier molecular flexibility index (Phi) is 4.33. The number of carbonyl (C=O) groups is 1. The van der Waals surface area contributed by atoms with Gasteiger partial charge in [0.25, 0.3) is 5.91 Å². The molecule has 0 radical (unpaired) electrons. The lowest BCUT2D eigenvalue weighted by atomic mass is 10.2. The first kappa shape index (κ1) is 15.2. The Morgan fingerprint density at radius 1 is 1.60 bits per heavy atom. The first-order chi connectivity index (χ1) is 9.31. The van der Waals surface area contributed by atoms with Crippen LogP contribution in [0.2, 0.25) is 0 Å². The molecule has 1 aliphatic rings. The normalized spacial score (nSPS) is 20.8. The zero-order valence-electron chi connectivity index (χ0n) is 11.0. The molecule has 1 aliphatic heterocycles. The van der Waals surface area contributed by atoms with E-state index in [1.54, 1.807) is 7.05 Å². The molecule has 2 N–H and O–H groups in total. The molecule has 0 bridgehead atoms. The van der Waals surface area contributed by atoms with Gasteiger partial charge in [-0.3, -0.25) is 4.79 Å². The number of anilines is 1. The van der Waals surface area contributed by atoms with E-state index in [0.29, 0.717) is 22.9 Å². The van der Waals surface area contributed by atoms with E-state index in [2.05, 4.69) is 20.9 Å². The van der Waals surface area contributed by atoms with Gasteiger partial charge in [-0.25, -0.2) is 13.4 Å². The topological polar surface area (TPSA) is 93.4 Å². The van der Waals surface area contributed by atoms with E-state index in [9.17, 15) is 13.2 Å². The maximum atomic E-state index is 12.3. The summed E-state index contributed by atoms with van der Waals surface area (Å²) in [6, 6.07) is 1.48. The number of nitrogens with two attached hydrogens (primary N) is 1. The van der Waals surface area contributed by atoms with E-state index in [0.717, 1.165) is 0 Å². The van der Waals surface area contributed by atoms with Crippen molar-refractivity contribution in [2.75, 3.05) is 25.1 Å². The van der Waals surface area contributed by atoms with Gasteiger partial charge < -0.3 is 10.6 Å². The summed E-state index contributed by atoms with van der Waals surface area (Å²) in [6.07, 6.45) is 2.74. The van der Waals surface area contributed by atoms with Crippen molar-refractivity contribution in [3.05, 3.63) is 22.3 Å². The predicted molar refractivity (Wildman–Crippen MR) is 80.1 cm³/mol. The Hall–Kier alpha value is -1.15. The number of aromatic nitrogens is 1. The molecule has 8 heteroatoms. The summed E-state index contributed by atoms with van der Waals surface area (Å²) in [7, 11) is -1.46. The summed E-state index contributed by atoms with van der Waals surface area (Å²) in [5.74, 6) is 0.192. The maximum absolute atomic E-state index is 12.3. The van der Waals surface area contributed by atoms with Crippen molar-refractivity contribution in [3.8, 4) is 0 Å². The molecular weight excluding hydrogens is 346 g/mol. The molecule has 2 rings (SSSR count). The largest absolute Gasteiger partial charge is 0.384 e. The minimum atomic E-state index is -3.06. The van der Waals surface area contributed by atoms with Gasteiger partial charge in [0.1, 0.15) is 5.82 Å². The van der Waals surface area contributed by atoms with Crippen molar-refractivity contribution in [2.24, 2.45) is 0 Å². The van der Waals surface area contributed by atoms with Gasteiger partial charge in [-0.15, -0.1) is 0 Å². The standard InChI is InChI=1S/C12H16BrN3O3S/c1-16(7-8-3-2-4-20(8,18)19)12(17)9-5-11(14)15-6-10(9)13/h5-6,8H,2-4,7H2,1H3,(H2,14,15). The SMILES string of the molecule is CN(CC1CCCS1(=O)=O)C(=O)c1cc(N)ncc1Br. The van der Waals surface area contributed by atoms with E-state index in [-0.39, 0.29) is 24.0 Å². The number of pyridine rings is 1. The first-order valence-corrected chi connectivity index (χ1v) is 8.70. The monoisotopic (exact) mass is 361 g/mol. The fourth-order valence-electron chi connectivity index (χ4n) is 2.28. The Balaban J connectivity index is 2.15. The molecule has 1 saturated heterocycles. The molecule has 1 unspecified atom stereocenters. The average Bonchev–Trinajstić information content (AvgIpc) is 2.71. The van der Waals surface area contributed by atoms with E-state index in [4.69, 9.17) is 5.73 Å². The molecule has 6 nitrogen and oxygen atoms in total. The number of amides is 1. The van der Waals surface area contributed by atoms with Gasteiger partial charge in [0.15, 0.2) is 9.84 Å². The molecule has 0 aliphatic carbocycles. The Bertz CT molecular complexity index is 633. The summed E-state index contributed by atoms with van der Waals surface area (Å²) in [5, 5.41) is -0.464. The predicted octanol–water partition coefficient (Wildman–Crippen LogP) is 1.08. The summed E-state index contributed by atoms with van der Waals surface area (Å²) in [5.41, 5.74) is 5.96. The average molecular weight is 362 g/mol. The molecule has 2 heterocycles. The lowest BCUT2D eigenvalue weighted by molar-refractivity contribution is 0.0794. The number of halogens is 1. The van der Waals surface area contributed by atoms with Crippen LogP contribution in [-0.4, -0.2) is 48.8 Å². The van der Waals surface area contributed by atoms with Gasteiger partial charge in [0.05, 0.1) is 16.6 Å². The number of nitrogen functional groups attached to an aromatic ring is 1. The highest BCUT2D eigenvalue weighted by molar-refractivity contribution is 9.10. The second-order valence-electron chi connectivity index (χ2n) is 4.91. The fourth-order valence-corrected chi connectivity index (χ4v) is 4.54. The molecule has 1 atom stereocenters. The molecule has 110 valence electrons. The molecule has 1 aromatic rings. The third-order valence-electron chi connectivity index (χ3n) is 3.39. The van der Waals surface area contributed by atoms with E-state index in [1.165, 1.54) is 17.2 Å². The minimum Gasteiger partial charge on any atom is -0.384 e. The lowest BCUT2D eigenvalue weighted by Gasteiger charge is -2.21. The highest BCUT2D eigenvalue weighted by atomic mass is 79.9. The Morgan fingerprint density at radius 3 is 2.90 bits per heavy atom. The summed E-state index contributed by atoms with van der Waals surface area (Å²) >= 11 is 3.25. The van der Waals surface area contributed by atoms with Gasteiger partial charge >= 0.3 is 0 Å². The van der Waals surface area contributed by atoms with Crippen LogP contribution >= 0.6 is 15.9 Å². The molecule has 1 fully saturated rings. The molecule has 1 amide bonds. The number of sulfone groups is 1. The molecule has 1 aromatic heterocycles. The number of rotatable bonds is 3. The summed E-state index contributed by atoms with van der Waals surface area (Å²) in [6.45, 7) is 0.204. The number of hydrogen-bond acceptors (Lipinski definition) is 5. The minimum absolute atomic E-state index is 0.204. The highest BCUT2D eigenvalue weighted by Crippen LogP contribution is 2.23. The van der Waals surface area contributed by atoms with Gasteiger partial charge in [-0.05, 0) is 34.8 Å². The van der Waals surface area contributed by atoms with Crippen molar-refractivity contribution in [3.63, 3.8) is 0 Å². The van der Waals surface area contributed by atoms with Crippen LogP contribution in [0, 0.1) is 0 Å². The van der Waals surface area contributed by atoms with Crippen LogP contribution in [0.25, 0.3) is 0 Å². The fraction of sp³-hybridized carbons (Fsp3) is 0.500. The van der Waals surface area contributed by atoms with Crippen LogP contribution < -0.4 is 5.73 Å². The van der Waals surface area contributed by atoms with Crippen LogP contribution in [0.15, 0.2) is 16.7 Å². The molecule has 0 spiro atoms. The van der Waals surface area contributed by atoms with Crippen molar-refractivity contribution >= 4 is 37.5 Å². The van der Waals surface area contributed by atoms with Crippen LogP contribution in [0.1, 0.15) is 23.2 Å². The summed E-state index contributed by atoms with van der Waals surface area (Å²) in [4.78, 5) is 17.6. The van der Waals surface area contributed by atoms with E-state index >= 15 is 0 Å². The summed E-state index contributed by atoms with van der Waals surface area (Å²) < 4.78 is 24.1. The number of carbonyl (C=O) groups excluding carboxylic acids is 1. The Morgan fingerprint density at radius 2 is 2.30 bits per heavy atom. The van der Waals surface area contributed by atoms with Crippen LogP contribution in [0.3, 0.4) is 0 Å². The van der Waals surface area contributed by atoms with Gasteiger partial charge in [-0.1, -0.05) is 0 Å². The maximum Gasteiger partial charge on any atom is 0.254 e. The second-order valence-corrected chi connectivity index (χ2v) is 8.16. The first-order valence-electron chi connectivity index (χ1n) is 6.19. The van der Waals surface area contributed by atoms with E-state index < -0.39 is 15.1 Å². The van der Waals surface area contributed by atoms with Crippen molar-refractivity contribution in [2.45, 2.75) is 18.1 Å². The lowest BCUT2D eigenvalue weighted by Crippen LogP contribution is -2.36. The van der Waals surface area contributed by atoms with Gasteiger partial charge in [0.2, 0.25) is 0 Å². The quantitative estimate of drug-likeness (QED) is 0.868. The van der Waals surface area contributed by atoms with Crippen molar-refractivity contribution in [1.29, 1.82) is 0 Å². The van der Waals surface area contributed by atoms with Gasteiger partial charge in [0, 0.05) is 24.3 Å². The van der Waals surface area contributed by atoms with Crippen molar-refractivity contribution in [1.82, 2.24) is 9.88 Å². The third kappa shape index (κ3) is 3.12. The van der Waals surface area contributed by atoms with E-state index in [1.807, 2.05) is 0 Å². The smallest absolute Gasteiger partial charge is 0.254 e. The highest BCUT2D eigenvalue weighted by Gasteiger charge is 2.33. The Labute approximate surface area is 126 Å². The number of nitrogens with zero attached hydrogens (tertiary/aromatic N) is 2. The number of hydrogen-bond donors (Lipinski definition) is 1. The third-order valence-corrected chi connectivity index (χ3v) is 6.28. The molecular formula is C12H16BrN3O3S. The molecule has 0 saturated carbocycles. The second kappa shape index (κ2) is 5.69. The molecule has 20 heavy (non-hydrogen) atoms. The van der Waals surface area contributed by atoms with Crippen molar-refractivity contribution < 1.29 is 13.2 Å². The zero-order chi connectivity index (χ0) is 14.9. The zero-order valence-corrected chi connectivity index (χ0v) is 13.4.